The average Bonchev–Trinajstić information content (AvgIpc) is 3.10. The van der Waals surface area contributed by atoms with E-state index in [1.165, 1.54) is 0 Å². The van der Waals surface area contributed by atoms with E-state index in [2.05, 4.69) is 9.98 Å². The van der Waals surface area contributed by atoms with Gasteiger partial charge in [-0.2, -0.15) is 0 Å². The Morgan fingerprint density at radius 2 is 1.58 bits per heavy atom. The molecular weight excluding hydrogens is 344 g/mol. The van der Waals surface area contributed by atoms with Crippen LogP contribution in [0, 0.1) is 0 Å². The highest BCUT2D eigenvalue weighted by Crippen LogP contribution is 2.25. The molecule has 0 amide bonds. The van der Waals surface area contributed by atoms with Gasteiger partial charge in [-0.1, -0.05) is 60.1 Å². The molecule has 1 heterocycles. The number of benzene rings is 3. The summed E-state index contributed by atoms with van der Waals surface area (Å²) < 4.78 is 0. The van der Waals surface area contributed by atoms with Gasteiger partial charge in [0.1, 0.15) is 5.71 Å². The van der Waals surface area contributed by atoms with Crippen LogP contribution in [0.15, 0.2) is 90.1 Å². The van der Waals surface area contributed by atoms with Gasteiger partial charge in [0.2, 0.25) is 5.78 Å². The number of para-hydroxylation sites is 1. The number of aromatic amines is 1. The monoisotopic (exact) mass is 358 g/mol. The molecule has 4 aromatic rings. The van der Waals surface area contributed by atoms with Crippen molar-refractivity contribution in [1.29, 1.82) is 0 Å². The predicted molar refractivity (Wildman–Crippen MR) is 107 cm³/mol. The molecule has 0 fully saturated rings. The van der Waals surface area contributed by atoms with E-state index in [0.29, 0.717) is 16.3 Å². The first kappa shape index (κ1) is 16.3. The van der Waals surface area contributed by atoms with Gasteiger partial charge in [-0.05, 0) is 30.3 Å². The summed E-state index contributed by atoms with van der Waals surface area (Å²) >= 11 is 6.17. The van der Waals surface area contributed by atoms with Gasteiger partial charge in [0, 0.05) is 33.2 Å². The van der Waals surface area contributed by atoms with Crippen LogP contribution in [0.2, 0.25) is 5.02 Å². The molecule has 0 aliphatic carbocycles. The zero-order chi connectivity index (χ0) is 17.9. The van der Waals surface area contributed by atoms with Crippen molar-refractivity contribution in [2.45, 2.75) is 0 Å². The van der Waals surface area contributed by atoms with Crippen LogP contribution in [0.3, 0.4) is 0 Å². The number of rotatable bonds is 4. The Kier molecular flexibility index (Phi) is 4.38. The molecule has 26 heavy (non-hydrogen) atoms. The summed E-state index contributed by atoms with van der Waals surface area (Å²) in [6, 6.07) is 24.2. The number of halogens is 1. The zero-order valence-electron chi connectivity index (χ0n) is 13.8. The number of aliphatic imine (C=N–C) groups is 1. The van der Waals surface area contributed by atoms with Gasteiger partial charge in [-0.3, -0.25) is 4.79 Å². The summed E-state index contributed by atoms with van der Waals surface area (Å²) in [7, 11) is 0. The lowest BCUT2D eigenvalue weighted by atomic mass is 10.00. The normalized spacial score (nSPS) is 11.7. The van der Waals surface area contributed by atoms with Crippen LogP contribution in [0.4, 0.5) is 5.69 Å². The number of hydrogen-bond donors (Lipinski definition) is 1. The second-order valence-corrected chi connectivity index (χ2v) is 6.32. The van der Waals surface area contributed by atoms with Crippen LogP contribution in [0.1, 0.15) is 15.9 Å². The van der Waals surface area contributed by atoms with Crippen molar-refractivity contribution in [2.24, 2.45) is 4.99 Å². The van der Waals surface area contributed by atoms with Crippen molar-refractivity contribution in [3.8, 4) is 0 Å². The van der Waals surface area contributed by atoms with Gasteiger partial charge in [0.25, 0.3) is 0 Å². The second-order valence-electron chi connectivity index (χ2n) is 5.88. The first-order valence-corrected chi connectivity index (χ1v) is 8.61. The third kappa shape index (κ3) is 3.17. The average molecular weight is 359 g/mol. The van der Waals surface area contributed by atoms with E-state index < -0.39 is 0 Å². The molecule has 126 valence electrons. The van der Waals surface area contributed by atoms with Crippen LogP contribution in [-0.4, -0.2) is 16.5 Å². The van der Waals surface area contributed by atoms with Gasteiger partial charge in [-0.25, -0.2) is 4.99 Å². The maximum atomic E-state index is 13.2. The first-order chi connectivity index (χ1) is 12.7. The fraction of sp³-hybridized carbons (Fsp3) is 0. The van der Waals surface area contributed by atoms with Crippen LogP contribution in [0.25, 0.3) is 10.9 Å². The Bertz CT molecular complexity index is 1100. The van der Waals surface area contributed by atoms with E-state index in [9.17, 15) is 4.79 Å². The summed E-state index contributed by atoms with van der Waals surface area (Å²) in [6.45, 7) is 0. The molecule has 0 radical (unpaired) electrons. The standard InChI is InChI=1S/C22H15ClN2O/c23-16-11-12-20-18(13-16)19(14-24-20)21(25-17-9-5-2-6-10-17)22(26)15-7-3-1-4-8-15/h1-14,24H. The third-order valence-corrected chi connectivity index (χ3v) is 4.38. The number of nitrogens with one attached hydrogen (secondary N) is 1. The highest BCUT2D eigenvalue weighted by molar-refractivity contribution is 6.53. The fourth-order valence-corrected chi connectivity index (χ4v) is 3.05. The molecule has 0 atom stereocenters. The minimum absolute atomic E-state index is 0.129. The van der Waals surface area contributed by atoms with Crippen LogP contribution in [-0.2, 0) is 0 Å². The quantitative estimate of drug-likeness (QED) is 0.362. The zero-order valence-corrected chi connectivity index (χ0v) is 14.6. The first-order valence-electron chi connectivity index (χ1n) is 8.23. The van der Waals surface area contributed by atoms with Crippen molar-refractivity contribution in [3.63, 3.8) is 0 Å². The van der Waals surface area contributed by atoms with E-state index in [0.717, 1.165) is 22.2 Å². The largest absolute Gasteiger partial charge is 0.360 e. The lowest BCUT2D eigenvalue weighted by Gasteiger charge is -2.06. The number of aromatic nitrogens is 1. The number of carbonyl (C=O) groups is 1. The number of H-pyrrole nitrogens is 1. The summed E-state index contributed by atoms with van der Waals surface area (Å²) in [5.41, 5.74) is 3.35. The van der Waals surface area contributed by atoms with Crippen LogP contribution < -0.4 is 0 Å². The summed E-state index contributed by atoms with van der Waals surface area (Å²) in [5.74, 6) is -0.129. The van der Waals surface area contributed by atoms with Crippen molar-refractivity contribution in [3.05, 3.63) is 101 Å². The van der Waals surface area contributed by atoms with Crippen molar-refractivity contribution in [1.82, 2.24) is 4.98 Å². The predicted octanol–water partition coefficient (Wildman–Crippen LogP) is 5.83. The van der Waals surface area contributed by atoms with Crippen LogP contribution >= 0.6 is 11.6 Å². The molecule has 0 saturated carbocycles. The van der Waals surface area contributed by atoms with Crippen LogP contribution in [0.5, 0.6) is 0 Å². The van der Waals surface area contributed by atoms with Gasteiger partial charge in [-0.15, -0.1) is 0 Å². The third-order valence-electron chi connectivity index (χ3n) is 4.15. The molecule has 1 N–H and O–H groups in total. The number of Topliss-reactive ketones (excluding diaryl/α,β-unsaturated/α-hetero) is 1. The minimum atomic E-state index is -0.129. The lowest BCUT2D eigenvalue weighted by molar-refractivity contribution is 0.106. The molecule has 0 saturated heterocycles. The van der Waals surface area contributed by atoms with Gasteiger partial charge in [0.05, 0.1) is 5.69 Å². The van der Waals surface area contributed by atoms with Gasteiger partial charge >= 0.3 is 0 Å². The van der Waals surface area contributed by atoms with E-state index in [1.54, 1.807) is 12.1 Å². The summed E-state index contributed by atoms with van der Waals surface area (Å²) in [5, 5.41) is 1.49. The number of carbonyl (C=O) groups excluding carboxylic acids is 1. The Labute approximate surface area is 156 Å². The van der Waals surface area contributed by atoms with Crippen molar-refractivity contribution in [2.75, 3.05) is 0 Å². The smallest absolute Gasteiger partial charge is 0.212 e. The number of nitrogens with zero attached hydrogens (tertiary/aromatic N) is 1. The van der Waals surface area contributed by atoms with Crippen molar-refractivity contribution < 1.29 is 4.79 Å². The lowest BCUT2D eigenvalue weighted by Crippen LogP contribution is -2.15. The summed E-state index contributed by atoms with van der Waals surface area (Å²) in [4.78, 5) is 21.1. The van der Waals surface area contributed by atoms with E-state index in [1.807, 2.05) is 72.9 Å². The molecule has 0 spiro atoms. The highest BCUT2D eigenvalue weighted by Gasteiger charge is 2.20. The molecule has 4 rings (SSSR count). The molecule has 0 aliphatic heterocycles. The Balaban J connectivity index is 1.92. The van der Waals surface area contributed by atoms with Crippen molar-refractivity contribution >= 4 is 39.7 Å². The molecule has 0 aliphatic rings. The second kappa shape index (κ2) is 6.98. The van der Waals surface area contributed by atoms with Gasteiger partial charge in [0.15, 0.2) is 0 Å². The van der Waals surface area contributed by atoms with E-state index >= 15 is 0 Å². The SMILES string of the molecule is O=C(C(=Nc1ccccc1)c1c[nH]c2ccc(Cl)cc12)c1ccccc1. The maximum Gasteiger partial charge on any atom is 0.212 e. The fourth-order valence-electron chi connectivity index (χ4n) is 2.88. The molecule has 3 nitrogen and oxygen atoms in total. The number of fused-ring (bicyclic) bond motifs is 1. The van der Waals surface area contributed by atoms with E-state index in [-0.39, 0.29) is 5.78 Å². The topological polar surface area (TPSA) is 45.2 Å². The molecule has 3 aromatic carbocycles. The van der Waals surface area contributed by atoms with E-state index in [4.69, 9.17) is 11.6 Å². The Hall–Kier alpha value is -3.17. The summed E-state index contributed by atoms with van der Waals surface area (Å²) in [6.07, 6.45) is 1.81. The Morgan fingerprint density at radius 3 is 2.31 bits per heavy atom. The molecule has 1 aromatic heterocycles. The maximum absolute atomic E-state index is 13.2. The highest BCUT2D eigenvalue weighted by atomic mass is 35.5. The molecule has 4 heteroatoms. The molecule has 0 bridgehead atoms. The minimum Gasteiger partial charge on any atom is -0.360 e. The molecule has 0 unspecified atom stereocenters. The number of ketones is 1. The van der Waals surface area contributed by atoms with Gasteiger partial charge < -0.3 is 4.98 Å². The molecular formula is C22H15ClN2O. The Morgan fingerprint density at radius 1 is 0.885 bits per heavy atom. The number of hydrogen-bond acceptors (Lipinski definition) is 2.